The van der Waals surface area contributed by atoms with Gasteiger partial charge in [0.05, 0.1) is 10.0 Å². The molecule has 2 aromatic rings. The monoisotopic (exact) mass is 341 g/mol. The summed E-state index contributed by atoms with van der Waals surface area (Å²) in [5.41, 5.74) is 0.942. The van der Waals surface area contributed by atoms with Crippen LogP contribution in [-0.2, 0) is 20.6 Å². The molecule has 0 aliphatic rings. The summed E-state index contributed by atoms with van der Waals surface area (Å²) >= 11 is 11.9. The number of hydrogen-bond donors (Lipinski definition) is 1. The molecule has 0 saturated carbocycles. The topological polar surface area (TPSA) is 56.0 Å². The van der Waals surface area contributed by atoms with E-state index in [2.05, 4.69) is 5.32 Å². The number of rotatable bonds is 4. The van der Waals surface area contributed by atoms with Gasteiger partial charge in [0.25, 0.3) is 5.56 Å². The normalized spacial score (nSPS) is 12.4. The lowest BCUT2D eigenvalue weighted by Crippen LogP contribution is -2.39. The van der Waals surface area contributed by atoms with Crippen molar-refractivity contribution in [2.75, 3.05) is 0 Å². The molecule has 0 saturated heterocycles. The van der Waals surface area contributed by atoms with E-state index in [4.69, 9.17) is 23.2 Å². The number of benzene rings is 1. The Kier molecular flexibility index (Phi) is 5.11. The highest BCUT2D eigenvalue weighted by Gasteiger charge is 2.10. The van der Waals surface area contributed by atoms with Gasteiger partial charge in [-0.15, -0.1) is 0 Å². The fourth-order valence-electron chi connectivity index (χ4n) is 2.11. The first-order chi connectivity index (χ1) is 10.3. The summed E-state index contributed by atoms with van der Waals surface area (Å²) in [5, 5.41) is 4.27. The summed E-state index contributed by atoms with van der Waals surface area (Å²) < 4.78 is 2.53. The first kappa shape index (κ1) is 16.8. The molecule has 22 heavy (non-hydrogen) atoms. The molecule has 118 valence electrons. The lowest BCUT2D eigenvalue weighted by molar-refractivity contribution is 0.540. The van der Waals surface area contributed by atoms with E-state index >= 15 is 0 Å². The molecule has 0 fully saturated rings. The van der Waals surface area contributed by atoms with Crippen LogP contribution in [0.2, 0.25) is 10.0 Å². The molecule has 1 N–H and O–H groups in total. The van der Waals surface area contributed by atoms with Gasteiger partial charge in [-0.05, 0) is 24.6 Å². The Morgan fingerprint density at radius 3 is 2.41 bits per heavy atom. The minimum atomic E-state index is -0.341. The number of halogens is 2. The molecule has 0 aliphatic carbocycles. The molecule has 5 nitrogen and oxygen atoms in total. The van der Waals surface area contributed by atoms with Gasteiger partial charge in [0.1, 0.15) is 0 Å². The van der Waals surface area contributed by atoms with Crippen molar-refractivity contribution in [2.24, 2.45) is 14.1 Å². The van der Waals surface area contributed by atoms with Gasteiger partial charge in [-0.2, -0.15) is 0 Å². The second-order valence-corrected chi connectivity index (χ2v) is 5.97. The molecule has 1 atom stereocenters. The van der Waals surface area contributed by atoms with E-state index in [0.29, 0.717) is 22.3 Å². The first-order valence-corrected chi connectivity index (χ1v) is 7.51. The molecule has 0 unspecified atom stereocenters. The minimum Gasteiger partial charge on any atom is -0.305 e. The Morgan fingerprint density at radius 2 is 1.77 bits per heavy atom. The molecule has 0 bridgehead atoms. The molecular weight excluding hydrogens is 325 g/mol. The number of hydrogen-bond acceptors (Lipinski definition) is 3. The number of nitrogens with one attached hydrogen (secondary N) is 1. The smallest absolute Gasteiger partial charge is 0.305 e. The average Bonchev–Trinajstić information content (AvgIpc) is 2.49. The quantitative estimate of drug-likeness (QED) is 0.927. The average molecular weight is 342 g/mol. The van der Waals surface area contributed by atoms with E-state index in [1.165, 1.54) is 17.7 Å². The summed E-state index contributed by atoms with van der Waals surface area (Å²) in [6.07, 6.45) is 0. The number of nitrogens with zero attached hydrogens (tertiary/aromatic N) is 2. The second kappa shape index (κ2) is 6.69. The van der Waals surface area contributed by atoms with E-state index in [9.17, 15) is 9.59 Å². The van der Waals surface area contributed by atoms with Crippen molar-refractivity contribution in [3.8, 4) is 0 Å². The fraction of sp³-hybridized carbons (Fsp3) is 0.333. The van der Waals surface area contributed by atoms with Crippen LogP contribution in [0.3, 0.4) is 0 Å². The summed E-state index contributed by atoms with van der Waals surface area (Å²) in [7, 11) is 3.10. The van der Waals surface area contributed by atoms with E-state index in [-0.39, 0.29) is 17.3 Å². The highest BCUT2D eigenvalue weighted by atomic mass is 35.5. The summed E-state index contributed by atoms with van der Waals surface area (Å²) in [4.78, 5) is 23.6. The van der Waals surface area contributed by atoms with Gasteiger partial charge in [-0.3, -0.25) is 13.9 Å². The van der Waals surface area contributed by atoms with Crippen LogP contribution in [0.1, 0.15) is 24.2 Å². The molecular formula is C15H17Cl2N3O2. The zero-order valence-corrected chi connectivity index (χ0v) is 14.1. The lowest BCUT2D eigenvalue weighted by atomic mass is 10.1. The maximum atomic E-state index is 11.9. The first-order valence-electron chi connectivity index (χ1n) is 6.75. The predicted octanol–water partition coefficient (Wildman–Crippen LogP) is 2.24. The van der Waals surface area contributed by atoms with Crippen LogP contribution in [0, 0.1) is 0 Å². The molecule has 0 amide bonds. The Morgan fingerprint density at radius 1 is 1.09 bits per heavy atom. The van der Waals surface area contributed by atoms with Gasteiger partial charge in [0.2, 0.25) is 0 Å². The molecule has 0 aliphatic heterocycles. The zero-order chi connectivity index (χ0) is 16.4. The van der Waals surface area contributed by atoms with Crippen molar-refractivity contribution in [3.05, 3.63) is 66.4 Å². The van der Waals surface area contributed by atoms with E-state index < -0.39 is 0 Å². The number of aromatic nitrogens is 2. The highest BCUT2D eigenvalue weighted by Crippen LogP contribution is 2.25. The Balaban J connectivity index is 2.18. The molecule has 7 heteroatoms. The predicted molar refractivity (Wildman–Crippen MR) is 88.6 cm³/mol. The Hall–Kier alpha value is -1.56. The van der Waals surface area contributed by atoms with Gasteiger partial charge >= 0.3 is 5.69 Å². The van der Waals surface area contributed by atoms with Crippen molar-refractivity contribution < 1.29 is 0 Å². The highest BCUT2D eigenvalue weighted by molar-refractivity contribution is 6.42. The van der Waals surface area contributed by atoms with Gasteiger partial charge in [0.15, 0.2) is 0 Å². The van der Waals surface area contributed by atoms with E-state index in [0.717, 1.165) is 10.1 Å². The molecule has 1 aromatic heterocycles. The maximum absolute atomic E-state index is 11.9. The molecule has 1 heterocycles. The summed E-state index contributed by atoms with van der Waals surface area (Å²) in [5.74, 6) is 0. The largest absolute Gasteiger partial charge is 0.330 e. The summed E-state index contributed by atoms with van der Waals surface area (Å²) in [6.45, 7) is 2.36. The molecule has 0 radical (unpaired) electrons. The Bertz CT molecular complexity index is 811. The van der Waals surface area contributed by atoms with Gasteiger partial charge in [-0.25, -0.2) is 4.79 Å². The molecule has 2 rings (SSSR count). The second-order valence-electron chi connectivity index (χ2n) is 5.15. The van der Waals surface area contributed by atoms with Crippen LogP contribution in [-0.4, -0.2) is 9.13 Å². The van der Waals surface area contributed by atoms with Crippen molar-refractivity contribution >= 4 is 23.2 Å². The van der Waals surface area contributed by atoms with Gasteiger partial charge in [-0.1, -0.05) is 29.3 Å². The third-order valence-electron chi connectivity index (χ3n) is 3.66. The van der Waals surface area contributed by atoms with Crippen LogP contribution in [0.15, 0.2) is 33.9 Å². The lowest BCUT2D eigenvalue weighted by Gasteiger charge is -2.16. The van der Waals surface area contributed by atoms with Crippen LogP contribution in [0.5, 0.6) is 0 Å². The molecule has 1 aromatic carbocycles. The minimum absolute atomic E-state index is 0.00562. The fourth-order valence-corrected chi connectivity index (χ4v) is 2.41. The third kappa shape index (κ3) is 3.43. The van der Waals surface area contributed by atoms with Gasteiger partial charge in [0, 0.05) is 38.4 Å². The van der Waals surface area contributed by atoms with Gasteiger partial charge < -0.3 is 5.32 Å². The Labute approximate surface area is 138 Å². The zero-order valence-electron chi connectivity index (χ0n) is 12.6. The molecule has 0 spiro atoms. The van der Waals surface area contributed by atoms with Crippen LogP contribution >= 0.6 is 23.2 Å². The van der Waals surface area contributed by atoms with Crippen LogP contribution in [0.4, 0.5) is 0 Å². The standard InChI is InChI=1S/C15H17Cl2N3O2/c1-9(10-4-5-12(16)13(17)6-10)18-8-11-7-14(21)20(3)15(22)19(11)2/h4-7,9,18H,8H2,1-3H3/t9-/m1/s1. The summed E-state index contributed by atoms with van der Waals surface area (Å²) in [6, 6.07) is 6.87. The van der Waals surface area contributed by atoms with E-state index in [1.807, 2.05) is 13.0 Å². The third-order valence-corrected chi connectivity index (χ3v) is 4.40. The van der Waals surface area contributed by atoms with Crippen molar-refractivity contribution in [3.63, 3.8) is 0 Å². The SMILES string of the molecule is C[C@@H](NCc1cc(=O)n(C)c(=O)n1C)c1ccc(Cl)c(Cl)c1. The maximum Gasteiger partial charge on any atom is 0.330 e. The van der Waals surface area contributed by atoms with Crippen molar-refractivity contribution in [1.29, 1.82) is 0 Å². The van der Waals surface area contributed by atoms with E-state index in [1.54, 1.807) is 19.2 Å². The van der Waals surface area contributed by atoms with Crippen molar-refractivity contribution in [2.45, 2.75) is 19.5 Å². The van der Waals surface area contributed by atoms with Crippen LogP contribution in [0.25, 0.3) is 0 Å². The van der Waals surface area contributed by atoms with Crippen LogP contribution < -0.4 is 16.6 Å². The van der Waals surface area contributed by atoms with Crippen molar-refractivity contribution in [1.82, 2.24) is 14.5 Å².